The molecule has 0 aliphatic rings. The van der Waals surface area contributed by atoms with E-state index in [1.54, 1.807) is 0 Å². The van der Waals surface area contributed by atoms with Gasteiger partial charge in [0, 0.05) is 13.0 Å². The van der Waals surface area contributed by atoms with Gasteiger partial charge in [0.2, 0.25) is 17.7 Å². The minimum absolute atomic E-state index is 0.0870. The molecule has 0 rings (SSSR count). The molecule has 204 valence electrons. The average molecular weight is 520 g/mol. The Balaban J connectivity index is 5.38. The molecule has 0 radical (unpaired) electrons. The van der Waals surface area contributed by atoms with Crippen LogP contribution in [-0.4, -0.2) is 98.8 Å². The zero-order valence-corrected chi connectivity index (χ0v) is 19.5. The van der Waals surface area contributed by atoms with Gasteiger partial charge in [0.1, 0.15) is 18.1 Å². The van der Waals surface area contributed by atoms with Gasteiger partial charge in [-0.15, -0.1) is 0 Å². The lowest BCUT2D eigenvalue weighted by atomic mass is 10.1. The second-order valence-electron chi connectivity index (χ2n) is 7.77. The van der Waals surface area contributed by atoms with E-state index >= 15 is 0 Å². The third-order valence-corrected chi connectivity index (χ3v) is 4.64. The van der Waals surface area contributed by atoms with Crippen LogP contribution >= 0.6 is 0 Å². The van der Waals surface area contributed by atoms with E-state index in [-0.39, 0.29) is 31.8 Å². The first-order valence-electron chi connectivity index (χ1n) is 10.7. The summed E-state index contributed by atoms with van der Waals surface area (Å²) in [5.41, 5.74) is 15.9. The Labute approximate surface area is 205 Å². The number of aliphatic hydroxyl groups excluding tert-OH is 1. The van der Waals surface area contributed by atoms with Crippen molar-refractivity contribution in [3.05, 3.63) is 0 Å². The van der Waals surface area contributed by atoms with Crippen LogP contribution < -0.4 is 33.2 Å². The highest BCUT2D eigenvalue weighted by molar-refractivity contribution is 5.95. The highest BCUT2D eigenvalue weighted by Crippen LogP contribution is 2.04. The van der Waals surface area contributed by atoms with Gasteiger partial charge < -0.3 is 53.6 Å². The Kier molecular flexibility index (Phi) is 14.1. The average Bonchev–Trinajstić information content (AvgIpc) is 2.75. The Morgan fingerprint density at radius 3 is 1.89 bits per heavy atom. The first kappa shape index (κ1) is 32.0. The molecule has 0 saturated carbocycles. The summed E-state index contributed by atoms with van der Waals surface area (Å²) in [5.74, 6) is -7.62. The van der Waals surface area contributed by atoms with Crippen LogP contribution in [0.3, 0.4) is 0 Å². The van der Waals surface area contributed by atoms with Crippen molar-refractivity contribution in [2.45, 2.75) is 69.3 Å². The van der Waals surface area contributed by atoms with Gasteiger partial charge in [-0.1, -0.05) is 0 Å². The van der Waals surface area contributed by atoms with Gasteiger partial charge in [0.25, 0.3) is 0 Å². The molecule has 0 spiro atoms. The number of aliphatic carboxylic acids is 3. The van der Waals surface area contributed by atoms with Crippen molar-refractivity contribution in [2.24, 2.45) is 22.2 Å². The van der Waals surface area contributed by atoms with Crippen LogP contribution in [0.15, 0.2) is 4.99 Å². The van der Waals surface area contributed by atoms with Gasteiger partial charge >= 0.3 is 17.9 Å². The van der Waals surface area contributed by atoms with Gasteiger partial charge in [-0.3, -0.25) is 29.0 Å². The molecule has 17 nitrogen and oxygen atoms in total. The van der Waals surface area contributed by atoms with Crippen molar-refractivity contribution in [3.8, 4) is 0 Å². The summed E-state index contributed by atoms with van der Waals surface area (Å²) in [6.07, 6.45) is -3.14. The number of rotatable bonds is 17. The van der Waals surface area contributed by atoms with Gasteiger partial charge in [-0.25, -0.2) is 4.79 Å². The van der Waals surface area contributed by atoms with Crippen molar-refractivity contribution >= 4 is 41.6 Å². The molecule has 0 aromatic carbocycles. The molecule has 0 fully saturated rings. The van der Waals surface area contributed by atoms with E-state index in [2.05, 4.69) is 20.9 Å². The number of carbonyl (C=O) groups excluding carboxylic acids is 3. The molecule has 36 heavy (non-hydrogen) atoms. The molecule has 0 aromatic rings. The van der Waals surface area contributed by atoms with Gasteiger partial charge in [-0.2, -0.15) is 0 Å². The van der Waals surface area contributed by atoms with Crippen molar-refractivity contribution in [1.29, 1.82) is 0 Å². The topological polar surface area (TPSA) is 310 Å². The maximum atomic E-state index is 12.6. The number of carbonyl (C=O) groups is 6. The number of aliphatic imine (C=N–C) groups is 1. The van der Waals surface area contributed by atoms with Crippen molar-refractivity contribution in [2.75, 3.05) is 6.54 Å². The summed E-state index contributed by atoms with van der Waals surface area (Å²) in [7, 11) is 0. The number of aliphatic hydroxyl groups is 1. The largest absolute Gasteiger partial charge is 0.481 e. The fourth-order valence-electron chi connectivity index (χ4n) is 2.75. The SMILES string of the molecule is CC(O)C(NC(=O)C(CC(=O)O)NC(=O)C(N)CCC(=O)O)C(=O)NC(CCCN=C(N)N)C(=O)O. The minimum atomic E-state index is -1.74. The third kappa shape index (κ3) is 13.0. The van der Waals surface area contributed by atoms with Crippen LogP contribution in [0, 0.1) is 0 Å². The normalized spacial score (nSPS) is 14.8. The van der Waals surface area contributed by atoms with Crippen LogP contribution in [0.1, 0.15) is 39.0 Å². The fraction of sp³-hybridized carbons (Fsp3) is 0.632. The number of hydrogen-bond acceptors (Lipinski definition) is 9. The Bertz CT molecular complexity index is 844. The number of nitrogens with one attached hydrogen (secondary N) is 3. The van der Waals surface area contributed by atoms with Gasteiger partial charge in [0.15, 0.2) is 5.96 Å². The molecule has 0 aliphatic carbocycles. The zero-order valence-electron chi connectivity index (χ0n) is 19.5. The zero-order chi connectivity index (χ0) is 28.0. The summed E-state index contributed by atoms with van der Waals surface area (Å²) in [4.78, 5) is 74.4. The molecule has 0 aromatic heterocycles. The lowest BCUT2D eigenvalue weighted by Gasteiger charge is -2.26. The number of nitrogens with two attached hydrogens (primary N) is 3. The van der Waals surface area contributed by atoms with E-state index in [4.69, 9.17) is 27.4 Å². The molecule has 3 amide bonds. The summed E-state index contributed by atoms with van der Waals surface area (Å²) in [6.45, 7) is 1.20. The second-order valence-corrected chi connectivity index (χ2v) is 7.77. The van der Waals surface area contributed by atoms with Crippen LogP contribution in [0.25, 0.3) is 0 Å². The smallest absolute Gasteiger partial charge is 0.326 e. The molecular weight excluding hydrogens is 486 g/mol. The molecular formula is C19H33N7O10. The first-order chi connectivity index (χ1) is 16.6. The number of carboxylic acids is 3. The van der Waals surface area contributed by atoms with Crippen molar-refractivity contribution < 1.29 is 49.2 Å². The quantitative estimate of drug-likeness (QED) is 0.0493. The van der Waals surface area contributed by atoms with Crippen LogP contribution in [-0.2, 0) is 28.8 Å². The predicted molar refractivity (Wildman–Crippen MR) is 122 cm³/mol. The Morgan fingerprint density at radius 1 is 0.833 bits per heavy atom. The summed E-state index contributed by atoms with van der Waals surface area (Å²) in [5, 5.41) is 43.3. The summed E-state index contributed by atoms with van der Waals surface area (Å²) < 4.78 is 0. The number of amides is 3. The maximum Gasteiger partial charge on any atom is 0.326 e. The second kappa shape index (κ2) is 15.8. The van der Waals surface area contributed by atoms with Crippen molar-refractivity contribution in [3.63, 3.8) is 0 Å². The van der Waals surface area contributed by atoms with Crippen molar-refractivity contribution in [1.82, 2.24) is 16.0 Å². The van der Waals surface area contributed by atoms with Crippen LogP contribution in [0.4, 0.5) is 0 Å². The monoisotopic (exact) mass is 519 g/mol. The minimum Gasteiger partial charge on any atom is -0.481 e. The van der Waals surface area contributed by atoms with E-state index in [9.17, 15) is 39.0 Å². The fourth-order valence-corrected chi connectivity index (χ4v) is 2.75. The molecule has 0 aliphatic heterocycles. The number of guanidine groups is 1. The highest BCUT2D eigenvalue weighted by Gasteiger charge is 2.33. The van der Waals surface area contributed by atoms with E-state index in [0.717, 1.165) is 6.92 Å². The van der Waals surface area contributed by atoms with Gasteiger partial charge in [0.05, 0.1) is 18.6 Å². The molecule has 13 N–H and O–H groups in total. The van der Waals surface area contributed by atoms with E-state index < -0.39 is 78.7 Å². The Morgan fingerprint density at radius 2 is 1.42 bits per heavy atom. The van der Waals surface area contributed by atoms with Gasteiger partial charge in [-0.05, 0) is 26.2 Å². The molecule has 0 saturated heterocycles. The number of hydrogen-bond donors (Lipinski definition) is 10. The third-order valence-electron chi connectivity index (χ3n) is 4.64. The van der Waals surface area contributed by atoms with E-state index in [1.807, 2.05) is 0 Å². The number of nitrogens with zero attached hydrogens (tertiary/aromatic N) is 1. The first-order valence-corrected chi connectivity index (χ1v) is 10.7. The lowest BCUT2D eigenvalue weighted by molar-refractivity contribution is -0.144. The molecule has 0 bridgehead atoms. The lowest BCUT2D eigenvalue weighted by Crippen LogP contribution is -2.60. The molecule has 17 heteroatoms. The summed E-state index contributed by atoms with van der Waals surface area (Å²) in [6, 6.07) is -6.25. The van der Waals surface area contributed by atoms with Crippen LogP contribution in [0.2, 0.25) is 0 Å². The summed E-state index contributed by atoms with van der Waals surface area (Å²) >= 11 is 0. The predicted octanol–water partition coefficient (Wildman–Crippen LogP) is -4.37. The Hall–Kier alpha value is -3.99. The standard InChI is InChI=1S/C19H33N7O10/c1-8(27)14(17(34)24-10(18(35)36)3-2-6-23-19(21)22)26-16(33)11(7-13(30)31)25-15(32)9(20)4-5-12(28)29/h8-11,14,27H,2-7,20H2,1H3,(H,24,34)(H,25,32)(H,26,33)(H,28,29)(H,30,31)(H,35,36)(H4,21,22,23). The molecule has 0 heterocycles. The highest BCUT2D eigenvalue weighted by atomic mass is 16.4. The van der Waals surface area contributed by atoms with E-state index in [0.29, 0.717) is 0 Å². The maximum absolute atomic E-state index is 12.6. The van der Waals surface area contributed by atoms with Crippen LogP contribution in [0.5, 0.6) is 0 Å². The molecule has 5 unspecified atom stereocenters. The number of carboxylic acid groups (broad SMARTS) is 3. The van der Waals surface area contributed by atoms with E-state index in [1.165, 1.54) is 0 Å². The molecule has 5 atom stereocenters.